The van der Waals surface area contributed by atoms with Crippen molar-refractivity contribution in [3.05, 3.63) is 58.4 Å². The van der Waals surface area contributed by atoms with Gasteiger partial charge < -0.3 is 15.3 Å². The predicted molar refractivity (Wildman–Crippen MR) is 70.0 cm³/mol. The molecule has 2 aliphatic rings. The van der Waals surface area contributed by atoms with E-state index in [1.807, 2.05) is 0 Å². The molecule has 6 heteroatoms. The van der Waals surface area contributed by atoms with Gasteiger partial charge >= 0.3 is 5.97 Å². The Labute approximate surface area is 118 Å². The van der Waals surface area contributed by atoms with Gasteiger partial charge in [-0.25, -0.2) is 4.79 Å². The summed E-state index contributed by atoms with van der Waals surface area (Å²) in [6.45, 7) is 0. The minimum Gasteiger partial charge on any atom is -0.508 e. The fraction of sp³-hybridized carbons (Fsp3) is 0.133. The van der Waals surface area contributed by atoms with Crippen molar-refractivity contribution in [1.82, 2.24) is 0 Å². The van der Waals surface area contributed by atoms with Crippen molar-refractivity contribution >= 4 is 17.5 Å². The number of aliphatic hydroxyl groups excluding tert-OH is 1. The summed E-state index contributed by atoms with van der Waals surface area (Å²) in [5.74, 6) is -3.55. The highest BCUT2D eigenvalue weighted by atomic mass is 16.4. The van der Waals surface area contributed by atoms with Crippen LogP contribution in [0.1, 0.15) is 27.1 Å². The van der Waals surface area contributed by atoms with Gasteiger partial charge in [0.1, 0.15) is 5.76 Å². The third-order valence-corrected chi connectivity index (χ3v) is 3.73. The van der Waals surface area contributed by atoms with Crippen LogP contribution in [0.15, 0.2) is 47.2 Å². The van der Waals surface area contributed by atoms with E-state index < -0.39 is 46.5 Å². The van der Waals surface area contributed by atoms with Crippen LogP contribution in [0.5, 0.6) is 0 Å². The van der Waals surface area contributed by atoms with Crippen LogP contribution in [0.4, 0.5) is 0 Å². The van der Waals surface area contributed by atoms with Crippen molar-refractivity contribution in [1.29, 1.82) is 0 Å². The zero-order valence-corrected chi connectivity index (χ0v) is 10.7. The molecule has 21 heavy (non-hydrogen) atoms. The van der Waals surface area contributed by atoms with Gasteiger partial charge in [-0.15, -0.1) is 0 Å². The minimum atomic E-state index is -2.51. The number of fused-ring (bicyclic) bond motifs is 1. The standard InChI is InChI=1S/C15H10O6/c16-9-5-6-15(21,14(19)20)11-10(9)12(17)7-3-1-2-4-8(7)13(11)18/h1-5,16,21H,6H2,(H,19,20). The lowest BCUT2D eigenvalue weighted by molar-refractivity contribution is -0.154. The number of benzene rings is 1. The summed E-state index contributed by atoms with van der Waals surface area (Å²) in [6.07, 6.45) is 0.556. The van der Waals surface area contributed by atoms with E-state index in [0.717, 1.165) is 6.08 Å². The summed E-state index contributed by atoms with van der Waals surface area (Å²) in [5.41, 5.74) is -3.41. The quantitative estimate of drug-likeness (QED) is 0.710. The number of hydrogen-bond donors (Lipinski definition) is 3. The summed E-state index contributed by atoms with van der Waals surface area (Å²) in [6, 6.07) is 5.90. The molecule has 0 aromatic heterocycles. The number of Topliss-reactive ketones (excluding diaryl/α,β-unsaturated/α-hetero) is 2. The van der Waals surface area contributed by atoms with Gasteiger partial charge in [0.25, 0.3) is 0 Å². The van der Waals surface area contributed by atoms with Crippen LogP contribution in [0.3, 0.4) is 0 Å². The van der Waals surface area contributed by atoms with Gasteiger partial charge in [0.05, 0.1) is 11.1 Å². The van der Waals surface area contributed by atoms with Crippen LogP contribution in [0, 0.1) is 0 Å². The van der Waals surface area contributed by atoms with E-state index in [2.05, 4.69) is 0 Å². The van der Waals surface area contributed by atoms with Crippen molar-refractivity contribution in [2.24, 2.45) is 0 Å². The molecule has 0 amide bonds. The molecule has 0 aliphatic heterocycles. The van der Waals surface area contributed by atoms with Gasteiger partial charge in [-0.1, -0.05) is 24.3 Å². The molecule has 3 rings (SSSR count). The molecule has 1 aromatic carbocycles. The van der Waals surface area contributed by atoms with Crippen LogP contribution in [-0.2, 0) is 4.79 Å². The molecule has 2 aliphatic carbocycles. The average molecular weight is 286 g/mol. The SMILES string of the molecule is O=C1C2=C(C(=O)c3ccccc31)C(O)(C(=O)O)CC=C2O. The smallest absolute Gasteiger partial charge is 0.340 e. The number of allylic oxidation sites excluding steroid dienone is 1. The number of carboxylic acid groups (broad SMARTS) is 1. The van der Waals surface area contributed by atoms with Crippen LogP contribution in [0.2, 0.25) is 0 Å². The van der Waals surface area contributed by atoms with Crippen LogP contribution in [-0.4, -0.2) is 38.5 Å². The van der Waals surface area contributed by atoms with E-state index in [4.69, 9.17) is 0 Å². The number of hydrogen-bond acceptors (Lipinski definition) is 5. The lowest BCUT2D eigenvalue weighted by Crippen LogP contribution is -2.47. The highest BCUT2D eigenvalue weighted by Gasteiger charge is 2.51. The number of carboxylic acids is 1. The largest absolute Gasteiger partial charge is 0.508 e. The lowest BCUT2D eigenvalue weighted by atomic mass is 9.72. The molecule has 3 N–H and O–H groups in total. The zero-order chi connectivity index (χ0) is 15.4. The number of rotatable bonds is 1. The van der Waals surface area contributed by atoms with E-state index in [0.29, 0.717) is 0 Å². The fourth-order valence-corrected chi connectivity index (χ4v) is 2.66. The molecule has 0 fully saturated rings. The maximum atomic E-state index is 12.5. The van der Waals surface area contributed by atoms with E-state index in [1.165, 1.54) is 18.2 Å². The Hall–Kier alpha value is -2.73. The Morgan fingerprint density at radius 3 is 2.24 bits per heavy atom. The molecule has 1 atom stereocenters. The average Bonchev–Trinajstić information content (AvgIpc) is 2.47. The highest BCUT2D eigenvalue weighted by molar-refractivity contribution is 6.30. The zero-order valence-electron chi connectivity index (χ0n) is 10.7. The lowest BCUT2D eigenvalue weighted by Gasteiger charge is -2.32. The second kappa shape index (κ2) is 4.13. The van der Waals surface area contributed by atoms with Crippen molar-refractivity contribution in [2.75, 3.05) is 0 Å². The molecule has 0 heterocycles. The molecule has 1 unspecified atom stereocenters. The number of carbonyl (C=O) groups is 3. The Kier molecular flexibility index (Phi) is 2.61. The Bertz CT molecular complexity index is 770. The first-order valence-electron chi connectivity index (χ1n) is 6.16. The third kappa shape index (κ3) is 1.59. The highest BCUT2D eigenvalue weighted by Crippen LogP contribution is 2.40. The normalized spacial score (nSPS) is 24.3. The van der Waals surface area contributed by atoms with Crippen molar-refractivity contribution < 1.29 is 29.7 Å². The summed E-state index contributed by atoms with van der Waals surface area (Å²) in [5, 5.41) is 29.4. The molecular weight excluding hydrogens is 276 g/mol. The molecule has 0 spiro atoms. The molecule has 0 saturated carbocycles. The minimum absolute atomic E-state index is 0.0237. The van der Waals surface area contributed by atoms with Crippen LogP contribution in [0.25, 0.3) is 0 Å². The number of ketones is 2. The van der Waals surface area contributed by atoms with Crippen molar-refractivity contribution in [2.45, 2.75) is 12.0 Å². The molecule has 1 aromatic rings. The van der Waals surface area contributed by atoms with Gasteiger partial charge in [0.2, 0.25) is 0 Å². The first kappa shape index (κ1) is 13.3. The molecule has 106 valence electrons. The molecular formula is C15H10O6. The second-order valence-corrected chi connectivity index (χ2v) is 4.91. The van der Waals surface area contributed by atoms with Crippen LogP contribution >= 0.6 is 0 Å². The second-order valence-electron chi connectivity index (χ2n) is 4.91. The summed E-state index contributed by atoms with van der Waals surface area (Å²) >= 11 is 0. The fourth-order valence-electron chi connectivity index (χ4n) is 2.66. The van der Waals surface area contributed by atoms with Gasteiger partial charge in [-0.3, -0.25) is 9.59 Å². The monoisotopic (exact) mass is 286 g/mol. The maximum Gasteiger partial charge on any atom is 0.340 e. The van der Waals surface area contributed by atoms with Gasteiger partial charge in [0, 0.05) is 17.5 Å². The molecule has 0 saturated heterocycles. The maximum absolute atomic E-state index is 12.5. The van der Waals surface area contributed by atoms with E-state index in [9.17, 15) is 29.7 Å². The summed E-state index contributed by atoms with van der Waals surface area (Å²) in [4.78, 5) is 36.2. The van der Waals surface area contributed by atoms with Gasteiger partial charge in [-0.2, -0.15) is 0 Å². The Balaban J connectivity index is 2.34. The summed E-state index contributed by atoms with van der Waals surface area (Å²) < 4.78 is 0. The predicted octanol–water partition coefficient (Wildman–Crippen LogP) is 1.02. The first-order chi connectivity index (χ1) is 9.88. The summed E-state index contributed by atoms with van der Waals surface area (Å²) in [7, 11) is 0. The van der Waals surface area contributed by atoms with Crippen molar-refractivity contribution in [3.63, 3.8) is 0 Å². The number of aliphatic carboxylic acids is 1. The van der Waals surface area contributed by atoms with E-state index >= 15 is 0 Å². The first-order valence-corrected chi connectivity index (χ1v) is 6.16. The molecule has 0 bridgehead atoms. The van der Waals surface area contributed by atoms with Gasteiger partial charge in [0.15, 0.2) is 17.2 Å². The van der Waals surface area contributed by atoms with Crippen molar-refractivity contribution in [3.8, 4) is 0 Å². The molecule has 0 radical (unpaired) electrons. The number of carbonyl (C=O) groups excluding carboxylic acids is 2. The van der Waals surface area contributed by atoms with Crippen LogP contribution < -0.4 is 0 Å². The van der Waals surface area contributed by atoms with Gasteiger partial charge in [-0.05, 0) is 6.08 Å². The third-order valence-electron chi connectivity index (χ3n) is 3.73. The Morgan fingerprint density at radius 1 is 1.10 bits per heavy atom. The molecule has 6 nitrogen and oxygen atoms in total. The van der Waals surface area contributed by atoms with E-state index in [1.54, 1.807) is 6.07 Å². The topological polar surface area (TPSA) is 112 Å². The Morgan fingerprint density at radius 2 is 1.67 bits per heavy atom. The number of aliphatic hydroxyl groups is 2. The van der Waals surface area contributed by atoms with E-state index in [-0.39, 0.29) is 11.1 Å².